The van der Waals surface area contributed by atoms with Crippen LogP contribution in [-0.4, -0.2) is 36.5 Å². The molecule has 1 aliphatic rings. The summed E-state index contributed by atoms with van der Waals surface area (Å²) < 4.78 is 0. The van der Waals surface area contributed by atoms with Crippen molar-refractivity contribution in [3.05, 3.63) is 35.9 Å². The molecule has 0 aliphatic carbocycles. The van der Waals surface area contributed by atoms with Crippen molar-refractivity contribution in [2.45, 2.75) is 24.8 Å². The van der Waals surface area contributed by atoms with Crippen molar-refractivity contribution in [3.8, 4) is 0 Å². The first-order valence-electron chi connectivity index (χ1n) is 6.48. The molecule has 4 heteroatoms. The van der Waals surface area contributed by atoms with Gasteiger partial charge in [-0.05, 0) is 24.4 Å². The van der Waals surface area contributed by atoms with Crippen LogP contribution in [0.4, 0.5) is 0 Å². The summed E-state index contributed by atoms with van der Waals surface area (Å²) in [7, 11) is 0. The van der Waals surface area contributed by atoms with E-state index in [0.29, 0.717) is 18.9 Å². The quantitative estimate of drug-likeness (QED) is 0.803. The molecule has 4 nitrogen and oxygen atoms in total. The average molecular weight is 247 g/mol. The number of nitrogens with two attached hydrogens (primary N) is 2. The molecule has 98 valence electrons. The van der Waals surface area contributed by atoms with Gasteiger partial charge in [-0.25, -0.2) is 0 Å². The van der Waals surface area contributed by atoms with Gasteiger partial charge in [-0.3, -0.25) is 9.69 Å². The van der Waals surface area contributed by atoms with E-state index in [4.69, 9.17) is 11.5 Å². The van der Waals surface area contributed by atoms with Crippen molar-refractivity contribution in [3.63, 3.8) is 0 Å². The van der Waals surface area contributed by atoms with E-state index in [9.17, 15) is 4.79 Å². The Labute approximate surface area is 108 Å². The molecule has 0 bridgehead atoms. The second kappa shape index (κ2) is 5.98. The summed E-state index contributed by atoms with van der Waals surface area (Å²) in [6, 6.07) is 10.6. The van der Waals surface area contributed by atoms with Crippen LogP contribution in [0.3, 0.4) is 0 Å². The predicted molar refractivity (Wildman–Crippen MR) is 72.0 cm³/mol. The van der Waals surface area contributed by atoms with Crippen LogP contribution in [-0.2, 0) is 4.79 Å². The monoisotopic (exact) mass is 247 g/mol. The minimum Gasteiger partial charge on any atom is -0.370 e. The molecule has 18 heavy (non-hydrogen) atoms. The number of amides is 1. The molecule has 1 aromatic rings. The number of likely N-dealkylation sites (tertiary alicyclic amines) is 1. The molecule has 1 saturated heterocycles. The molecular formula is C14H21N3O. The van der Waals surface area contributed by atoms with E-state index in [1.165, 1.54) is 5.56 Å². The first-order valence-corrected chi connectivity index (χ1v) is 6.48. The van der Waals surface area contributed by atoms with Crippen LogP contribution < -0.4 is 11.5 Å². The van der Waals surface area contributed by atoms with Gasteiger partial charge in [0.05, 0.1) is 0 Å². The molecule has 2 unspecified atom stereocenters. The Bertz CT molecular complexity index is 393. The molecule has 2 rings (SSSR count). The van der Waals surface area contributed by atoms with Crippen LogP contribution in [0.5, 0.6) is 0 Å². The summed E-state index contributed by atoms with van der Waals surface area (Å²) in [5.41, 5.74) is 12.4. The highest BCUT2D eigenvalue weighted by atomic mass is 16.1. The first kappa shape index (κ1) is 13.1. The fourth-order valence-electron chi connectivity index (χ4n) is 2.71. The molecule has 1 amide bonds. The minimum absolute atomic E-state index is 0.0937. The Kier molecular flexibility index (Phi) is 4.33. The van der Waals surface area contributed by atoms with Crippen molar-refractivity contribution in [1.29, 1.82) is 0 Å². The predicted octanol–water partition coefficient (Wildman–Crippen LogP) is 0.679. The first-order chi connectivity index (χ1) is 8.70. The second-order valence-corrected chi connectivity index (χ2v) is 4.95. The number of carbonyl (C=O) groups excluding carboxylic acids is 1. The van der Waals surface area contributed by atoms with Crippen molar-refractivity contribution < 1.29 is 4.79 Å². The highest BCUT2D eigenvalue weighted by molar-refractivity contribution is 5.74. The lowest BCUT2D eigenvalue weighted by Crippen LogP contribution is -2.41. The van der Waals surface area contributed by atoms with Gasteiger partial charge in [-0.1, -0.05) is 30.3 Å². The molecule has 0 aromatic heterocycles. The van der Waals surface area contributed by atoms with Gasteiger partial charge in [0.25, 0.3) is 0 Å². The maximum atomic E-state index is 11.0. The molecule has 1 aromatic carbocycles. The molecule has 1 heterocycles. The number of hydrogen-bond acceptors (Lipinski definition) is 3. The van der Waals surface area contributed by atoms with Gasteiger partial charge in [0.2, 0.25) is 5.91 Å². The summed E-state index contributed by atoms with van der Waals surface area (Å²) in [4.78, 5) is 13.3. The van der Waals surface area contributed by atoms with Gasteiger partial charge in [0.15, 0.2) is 0 Å². The van der Waals surface area contributed by atoms with E-state index < -0.39 is 0 Å². The topological polar surface area (TPSA) is 72.3 Å². The smallest absolute Gasteiger partial charge is 0.219 e. The number of primary amides is 1. The molecule has 0 saturated carbocycles. The van der Waals surface area contributed by atoms with Crippen molar-refractivity contribution >= 4 is 5.91 Å². The molecule has 1 fully saturated rings. The van der Waals surface area contributed by atoms with Crippen molar-refractivity contribution in [2.24, 2.45) is 11.5 Å². The van der Waals surface area contributed by atoms with E-state index in [-0.39, 0.29) is 11.9 Å². The normalized spacial score (nSPS) is 21.9. The van der Waals surface area contributed by atoms with Gasteiger partial charge in [0, 0.05) is 25.6 Å². The third kappa shape index (κ3) is 3.09. The number of carbonyl (C=O) groups is 1. The number of benzene rings is 1. The standard InChI is InChI=1S/C14H21N3O/c15-9-13(8-14(16)18)17-7-6-12(10-17)11-4-2-1-3-5-11/h1-5,12-13H,6-10,15H2,(H2,16,18). The Morgan fingerprint density at radius 2 is 2.11 bits per heavy atom. The van der Waals surface area contributed by atoms with Crippen LogP contribution >= 0.6 is 0 Å². The van der Waals surface area contributed by atoms with Crippen molar-refractivity contribution in [2.75, 3.05) is 19.6 Å². The Morgan fingerprint density at radius 1 is 1.39 bits per heavy atom. The highest BCUT2D eigenvalue weighted by Gasteiger charge is 2.28. The summed E-state index contributed by atoms with van der Waals surface area (Å²) in [5.74, 6) is 0.279. The molecule has 4 N–H and O–H groups in total. The van der Waals surface area contributed by atoms with Crippen LogP contribution in [0.1, 0.15) is 24.3 Å². The SMILES string of the molecule is NCC(CC(N)=O)N1CCC(c2ccccc2)C1. The fraction of sp³-hybridized carbons (Fsp3) is 0.500. The van der Waals surface area contributed by atoms with Crippen LogP contribution in [0.2, 0.25) is 0 Å². The highest BCUT2D eigenvalue weighted by Crippen LogP contribution is 2.28. The zero-order valence-corrected chi connectivity index (χ0v) is 10.6. The Balaban J connectivity index is 1.97. The van der Waals surface area contributed by atoms with Crippen molar-refractivity contribution in [1.82, 2.24) is 4.90 Å². The van der Waals surface area contributed by atoms with E-state index in [1.54, 1.807) is 0 Å². The summed E-state index contributed by atoms with van der Waals surface area (Å²) in [6.07, 6.45) is 1.48. The largest absolute Gasteiger partial charge is 0.370 e. The molecule has 0 spiro atoms. The summed E-state index contributed by atoms with van der Waals surface area (Å²) in [5, 5.41) is 0. The summed E-state index contributed by atoms with van der Waals surface area (Å²) >= 11 is 0. The van der Waals surface area contributed by atoms with E-state index >= 15 is 0 Å². The number of rotatable bonds is 5. The van der Waals surface area contributed by atoms with Gasteiger partial charge in [-0.2, -0.15) is 0 Å². The zero-order valence-electron chi connectivity index (χ0n) is 10.6. The van der Waals surface area contributed by atoms with E-state index in [1.807, 2.05) is 6.07 Å². The lowest BCUT2D eigenvalue weighted by Gasteiger charge is -2.25. The van der Waals surface area contributed by atoms with Gasteiger partial charge < -0.3 is 11.5 Å². The van der Waals surface area contributed by atoms with Gasteiger partial charge >= 0.3 is 0 Å². The van der Waals surface area contributed by atoms with E-state index in [2.05, 4.69) is 29.2 Å². The van der Waals surface area contributed by atoms with Crippen LogP contribution in [0, 0.1) is 0 Å². The Hall–Kier alpha value is -1.39. The van der Waals surface area contributed by atoms with Crippen LogP contribution in [0.15, 0.2) is 30.3 Å². The van der Waals surface area contributed by atoms with Gasteiger partial charge in [0.1, 0.15) is 0 Å². The third-order valence-corrected chi connectivity index (χ3v) is 3.72. The van der Waals surface area contributed by atoms with Gasteiger partial charge in [-0.15, -0.1) is 0 Å². The average Bonchev–Trinajstić information content (AvgIpc) is 2.86. The molecule has 2 atom stereocenters. The van der Waals surface area contributed by atoms with E-state index in [0.717, 1.165) is 19.5 Å². The maximum absolute atomic E-state index is 11.0. The van der Waals surface area contributed by atoms with Crippen LogP contribution in [0.25, 0.3) is 0 Å². The fourth-order valence-corrected chi connectivity index (χ4v) is 2.71. The summed E-state index contributed by atoms with van der Waals surface area (Å²) in [6.45, 7) is 2.46. The second-order valence-electron chi connectivity index (χ2n) is 4.95. The molecule has 1 aliphatic heterocycles. The number of nitrogens with zero attached hydrogens (tertiary/aromatic N) is 1. The third-order valence-electron chi connectivity index (χ3n) is 3.72. The lowest BCUT2D eigenvalue weighted by atomic mass is 9.99. The zero-order chi connectivity index (χ0) is 13.0. The lowest BCUT2D eigenvalue weighted by molar-refractivity contribution is -0.119. The molecular weight excluding hydrogens is 226 g/mol. The Morgan fingerprint density at radius 3 is 2.72 bits per heavy atom. The maximum Gasteiger partial charge on any atom is 0.219 e. The molecule has 0 radical (unpaired) electrons. The minimum atomic E-state index is -0.270. The number of hydrogen-bond donors (Lipinski definition) is 2.